The van der Waals surface area contributed by atoms with Gasteiger partial charge in [-0.25, -0.2) is 0 Å². The zero-order chi connectivity index (χ0) is 20.0. The summed E-state index contributed by atoms with van der Waals surface area (Å²) in [5, 5.41) is 0. The van der Waals surface area contributed by atoms with Crippen LogP contribution in [-0.2, 0) is 0 Å². The van der Waals surface area contributed by atoms with E-state index in [0.717, 1.165) is 11.8 Å². The molecule has 2 unspecified atom stereocenters. The second kappa shape index (κ2) is 22.3. The Kier molecular flexibility index (Phi) is 22.3. The molecule has 0 aromatic rings. The number of rotatable bonds is 22. The minimum atomic E-state index is 0.964. The van der Waals surface area contributed by atoms with E-state index in [2.05, 4.69) is 27.7 Å². The van der Waals surface area contributed by atoms with E-state index in [1.807, 2.05) is 0 Å². The van der Waals surface area contributed by atoms with E-state index in [-0.39, 0.29) is 0 Å². The topological polar surface area (TPSA) is 0 Å². The maximum atomic E-state index is 2.49. The summed E-state index contributed by atoms with van der Waals surface area (Å²) >= 11 is 0. The van der Waals surface area contributed by atoms with Crippen molar-refractivity contribution in [1.29, 1.82) is 0 Å². The van der Waals surface area contributed by atoms with Gasteiger partial charge in [0.1, 0.15) is 0 Å². The van der Waals surface area contributed by atoms with Crippen LogP contribution in [0.5, 0.6) is 0 Å². The number of unbranched alkanes of at least 4 members (excludes halogenated alkanes) is 14. The first-order valence-electron chi connectivity index (χ1n) is 13.2. The molecule has 0 aliphatic carbocycles. The Balaban J connectivity index is 3.26. The Morgan fingerprint density at radius 2 is 0.556 bits per heavy atom. The Labute approximate surface area is 174 Å². The molecule has 0 saturated heterocycles. The van der Waals surface area contributed by atoms with Gasteiger partial charge in [0.2, 0.25) is 0 Å². The molecule has 0 heteroatoms. The van der Waals surface area contributed by atoms with Gasteiger partial charge in [0.25, 0.3) is 0 Å². The molecule has 0 radical (unpaired) electrons. The predicted molar refractivity (Wildman–Crippen MR) is 127 cm³/mol. The molecule has 0 amide bonds. The Morgan fingerprint density at radius 1 is 0.333 bits per heavy atom. The van der Waals surface area contributed by atoms with E-state index in [1.165, 1.54) is 135 Å². The zero-order valence-electron chi connectivity index (χ0n) is 20.0. The predicted octanol–water partition coefficient (Wildman–Crippen LogP) is 10.5. The quantitative estimate of drug-likeness (QED) is 0.164. The van der Waals surface area contributed by atoms with Crippen LogP contribution in [0, 0.1) is 11.8 Å². The minimum Gasteiger partial charge on any atom is -0.0654 e. The van der Waals surface area contributed by atoms with Crippen molar-refractivity contribution >= 4 is 0 Å². The normalized spacial score (nSPS) is 13.8. The number of hydrogen-bond donors (Lipinski definition) is 0. The van der Waals surface area contributed by atoms with Gasteiger partial charge in [0, 0.05) is 0 Å². The van der Waals surface area contributed by atoms with Gasteiger partial charge in [-0.05, 0) is 11.8 Å². The van der Waals surface area contributed by atoms with E-state index in [4.69, 9.17) is 0 Å². The molecule has 27 heavy (non-hydrogen) atoms. The average molecular weight is 381 g/mol. The summed E-state index contributed by atoms with van der Waals surface area (Å²) in [4.78, 5) is 0. The lowest BCUT2D eigenvalue weighted by atomic mass is 9.93. The van der Waals surface area contributed by atoms with Crippen LogP contribution in [0.15, 0.2) is 0 Å². The van der Waals surface area contributed by atoms with Crippen molar-refractivity contribution in [3.05, 3.63) is 0 Å². The summed E-state index contributed by atoms with van der Waals surface area (Å²) in [6, 6.07) is 0. The van der Waals surface area contributed by atoms with Crippen LogP contribution in [0.3, 0.4) is 0 Å². The molecule has 0 N–H and O–H groups in total. The van der Waals surface area contributed by atoms with Crippen LogP contribution < -0.4 is 0 Å². The van der Waals surface area contributed by atoms with E-state index in [0.29, 0.717) is 0 Å². The Hall–Kier alpha value is 0. The largest absolute Gasteiger partial charge is 0.0654 e. The second-order valence-electron chi connectivity index (χ2n) is 9.67. The molecule has 0 aromatic heterocycles. The van der Waals surface area contributed by atoms with Crippen LogP contribution in [0.25, 0.3) is 0 Å². The zero-order valence-corrected chi connectivity index (χ0v) is 20.0. The molecule has 0 aliphatic heterocycles. The first kappa shape index (κ1) is 27.0. The van der Waals surface area contributed by atoms with Crippen molar-refractivity contribution in [3.63, 3.8) is 0 Å². The highest BCUT2D eigenvalue weighted by molar-refractivity contribution is 4.58. The Morgan fingerprint density at radius 3 is 0.852 bits per heavy atom. The van der Waals surface area contributed by atoms with Gasteiger partial charge < -0.3 is 0 Å². The van der Waals surface area contributed by atoms with Crippen LogP contribution in [-0.4, -0.2) is 0 Å². The fourth-order valence-corrected chi connectivity index (χ4v) is 4.35. The van der Waals surface area contributed by atoms with Crippen molar-refractivity contribution in [2.45, 2.75) is 163 Å². The molecule has 0 heterocycles. The highest BCUT2D eigenvalue weighted by Crippen LogP contribution is 2.21. The summed E-state index contributed by atoms with van der Waals surface area (Å²) in [6.07, 6.45) is 30.7. The summed E-state index contributed by atoms with van der Waals surface area (Å²) < 4.78 is 0. The first-order chi connectivity index (χ1) is 13.2. The van der Waals surface area contributed by atoms with E-state index in [9.17, 15) is 0 Å². The van der Waals surface area contributed by atoms with Gasteiger partial charge in [-0.3, -0.25) is 0 Å². The minimum absolute atomic E-state index is 0.964. The molecule has 0 nitrogen and oxygen atoms in total. The molecule has 0 spiro atoms. The van der Waals surface area contributed by atoms with Crippen LogP contribution >= 0.6 is 0 Å². The van der Waals surface area contributed by atoms with Gasteiger partial charge in [-0.2, -0.15) is 0 Å². The molecular weight excluding hydrogens is 324 g/mol. The first-order valence-corrected chi connectivity index (χ1v) is 13.2. The van der Waals surface area contributed by atoms with Gasteiger partial charge in [0.15, 0.2) is 0 Å². The van der Waals surface area contributed by atoms with Crippen molar-refractivity contribution in [2.24, 2.45) is 11.8 Å². The monoisotopic (exact) mass is 380 g/mol. The Bertz CT molecular complexity index is 257. The van der Waals surface area contributed by atoms with Crippen LogP contribution in [0.4, 0.5) is 0 Å². The van der Waals surface area contributed by atoms with Crippen molar-refractivity contribution < 1.29 is 0 Å². The van der Waals surface area contributed by atoms with E-state index in [1.54, 1.807) is 0 Å². The number of hydrogen-bond acceptors (Lipinski definition) is 0. The van der Waals surface area contributed by atoms with Crippen molar-refractivity contribution in [2.75, 3.05) is 0 Å². The summed E-state index contributed by atoms with van der Waals surface area (Å²) in [5.74, 6) is 1.93. The highest BCUT2D eigenvalue weighted by Gasteiger charge is 2.04. The van der Waals surface area contributed by atoms with Crippen molar-refractivity contribution in [3.8, 4) is 0 Å². The lowest BCUT2D eigenvalue weighted by Gasteiger charge is -2.13. The third-order valence-corrected chi connectivity index (χ3v) is 6.49. The van der Waals surface area contributed by atoms with Gasteiger partial charge >= 0.3 is 0 Å². The molecule has 0 rings (SSSR count). The smallest absolute Gasteiger partial charge is 0.0443 e. The van der Waals surface area contributed by atoms with Gasteiger partial charge in [0.05, 0.1) is 0 Å². The van der Waals surface area contributed by atoms with E-state index < -0.39 is 0 Å². The molecule has 0 bridgehead atoms. The average Bonchev–Trinajstić information content (AvgIpc) is 2.66. The summed E-state index contributed by atoms with van der Waals surface area (Å²) in [7, 11) is 0. The second-order valence-corrected chi connectivity index (χ2v) is 9.67. The summed E-state index contributed by atoms with van der Waals surface area (Å²) in [5.41, 5.74) is 0. The molecule has 2 atom stereocenters. The fourth-order valence-electron chi connectivity index (χ4n) is 4.35. The molecule has 164 valence electrons. The third kappa shape index (κ3) is 22.2. The standard InChI is InChI=1S/C27H56/c1-5-7-9-11-13-14-16-19-23-27(4)25-21-17-20-24-26(3)22-18-15-12-10-8-6-2/h26-27H,5-25H2,1-4H3. The molecule has 0 aliphatic rings. The molecular formula is C27H56. The molecule has 0 fully saturated rings. The fraction of sp³-hybridized carbons (Fsp3) is 1.00. The maximum absolute atomic E-state index is 2.49. The lowest BCUT2D eigenvalue weighted by Crippen LogP contribution is -1.97. The SMILES string of the molecule is CCCCCCCCCCC(C)CCCCCC(C)CCCCCCCC. The van der Waals surface area contributed by atoms with Gasteiger partial charge in [-0.1, -0.05) is 163 Å². The van der Waals surface area contributed by atoms with E-state index >= 15 is 0 Å². The molecule has 0 aromatic carbocycles. The molecule has 0 saturated carbocycles. The summed E-state index contributed by atoms with van der Waals surface area (Å²) in [6.45, 7) is 9.58. The highest BCUT2D eigenvalue weighted by atomic mass is 14.1. The van der Waals surface area contributed by atoms with Crippen LogP contribution in [0.2, 0.25) is 0 Å². The van der Waals surface area contributed by atoms with Crippen molar-refractivity contribution in [1.82, 2.24) is 0 Å². The third-order valence-electron chi connectivity index (χ3n) is 6.49. The van der Waals surface area contributed by atoms with Gasteiger partial charge in [-0.15, -0.1) is 0 Å². The lowest BCUT2D eigenvalue weighted by molar-refractivity contribution is 0.407. The van der Waals surface area contributed by atoms with Crippen LogP contribution in [0.1, 0.15) is 163 Å². The maximum Gasteiger partial charge on any atom is -0.0443 e.